The Morgan fingerprint density at radius 1 is 1.00 bits per heavy atom. The molecule has 32 heavy (non-hydrogen) atoms. The predicted molar refractivity (Wildman–Crippen MR) is 115 cm³/mol. The molecule has 9 nitrogen and oxygen atoms in total. The van der Waals surface area contributed by atoms with Gasteiger partial charge in [0.15, 0.2) is 0 Å². The van der Waals surface area contributed by atoms with Crippen LogP contribution in [0, 0.1) is 5.92 Å². The molecule has 0 aromatic heterocycles. The van der Waals surface area contributed by atoms with E-state index in [1.54, 1.807) is 55.5 Å². The highest BCUT2D eigenvalue weighted by molar-refractivity contribution is 7.89. The van der Waals surface area contributed by atoms with E-state index in [9.17, 15) is 22.8 Å². The maximum Gasteiger partial charge on any atom is 0.344 e. The van der Waals surface area contributed by atoms with Crippen molar-refractivity contribution in [2.75, 3.05) is 13.1 Å². The van der Waals surface area contributed by atoms with Gasteiger partial charge in [0.05, 0.1) is 4.90 Å². The smallest absolute Gasteiger partial charge is 0.318 e. The first kappa shape index (κ1) is 22.0. The van der Waals surface area contributed by atoms with Crippen molar-refractivity contribution in [2.24, 2.45) is 5.92 Å². The van der Waals surface area contributed by atoms with Gasteiger partial charge in [0.25, 0.3) is 5.91 Å². The van der Waals surface area contributed by atoms with E-state index in [1.165, 1.54) is 16.4 Å². The van der Waals surface area contributed by atoms with E-state index in [0.717, 1.165) is 0 Å². The molecule has 0 aliphatic carbocycles. The number of amides is 4. The quantitative estimate of drug-likeness (QED) is 0.663. The number of sulfonamides is 1. The van der Waals surface area contributed by atoms with Crippen molar-refractivity contribution < 1.29 is 22.8 Å². The summed E-state index contributed by atoms with van der Waals surface area (Å²) in [6, 6.07) is 16.2. The van der Waals surface area contributed by atoms with Gasteiger partial charge in [0, 0.05) is 19.0 Å². The summed E-state index contributed by atoms with van der Waals surface area (Å²) in [4.78, 5) is 38.3. The van der Waals surface area contributed by atoms with Gasteiger partial charge in [-0.2, -0.15) is 9.31 Å². The molecule has 168 valence electrons. The van der Waals surface area contributed by atoms with Crippen molar-refractivity contribution in [3.63, 3.8) is 0 Å². The number of hydrogen-bond donors (Lipinski definition) is 2. The molecule has 4 rings (SSSR count). The standard InChI is InChI=1S/C22H24N4O5S/c1-22(17-8-4-2-5-9-17)20(28)26(21(29)23-22)24-19(27)16-12-14-25(15-13-16)32(30,31)18-10-6-3-7-11-18/h2-11,16H,12-15H2,1H3,(H,23,29)(H,24,27)/t22-/m1/s1. The zero-order valence-corrected chi connectivity index (χ0v) is 18.3. The number of nitrogens with one attached hydrogen (secondary N) is 2. The number of hydrazine groups is 1. The summed E-state index contributed by atoms with van der Waals surface area (Å²) in [5, 5.41) is 3.35. The summed E-state index contributed by atoms with van der Waals surface area (Å²) >= 11 is 0. The molecule has 0 radical (unpaired) electrons. The molecule has 2 aromatic carbocycles. The van der Waals surface area contributed by atoms with Crippen LogP contribution in [0.1, 0.15) is 25.3 Å². The molecular weight excluding hydrogens is 432 g/mol. The molecule has 2 saturated heterocycles. The topological polar surface area (TPSA) is 116 Å². The summed E-state index contributed by atoms with van der Waals surface area (Å²) < 4.78 is 26.9. The molecule has 2 aliphatic heterocycles. The molecule has 2 fully saturated rings. The number of nitrogens with zero attached hydrogens (tertiary/aromatic N) is 2. The van der Waals surface area contributed by atoms with Crippen molar-refractivity contribution in [3.8, 4) is 0 Å². The lowest BCUT2D eigenvalue weighted by Crippen LogP contribution is -2.51. The Bertz CT molecular complexity index is 1130. The highest BCUT2D eigenvalue weighted by atomic mass is 32.2. The molecule has 2 aliphatic rings. The molecule has 0 spiro atoms. The van der Waals surface area contributed by atoms with Gasteiger partial charge in [0.1, 0.15) is 5.54 Å². The second-order valence-corrected chi connectivity index (χ2v) is 9.97. The Morgan fingerprint density at radius 2 is 1.56 bits per heavy atom. The third-order valence-corrected chi connectivity index (χ3v) is 7.88. The molecule has 4 amide bonds. The number of carbonyl (C=O) groups is 3. The maximum absolute atomic E-state index is 12.9. The first-order valence-electron chi connectivity index (χ1n) is 10.3. The highest BCUT2D eigenvalue weighted by Gasteiger charge is 2.50. The minimum atomic E-state index is -3.62. The van der Waals surface area contributed by atoms with Crippen LogP contribution in [0.2, 0.25) is 0 Å². The molecule has 2 N–H and O–H groups in total. The molecule has 0 unspecified atom stereocenters. The largest absolute Gasteiger partial charge is 0.344 e. The van der Waals surface area contributed by atoms with E-state index in [-0.39, 0.29) is 30.8 Å². The van der Waals surface area contributed by atoms with E-state index in [0.29, 0.717) is 10.6 Å². The van der Waals surface area contributed by atoms with Crippen LogP contribution in [0.4, 0.5) is 4.79 Å². The maximum atomic E-state index is 12.9. The SMILES string of the molecule is C[C@]1(c2ccccc2)NC(=O)N(NC(=O)C2CCN(S(=O)(=O)c3ccccc3)CC2)C1=O. The lowest BCUT2D eigenvalue weighted by Gasteiger charge is -2.31. The average molecular weight is 457 g/mol. The third-order valence-electron chi connectivity index (χ3n) is 5.97. The van der Waals surface area contributed by atoms with Crippen LogP contribution >= 0.6 is 0 Å². The van der Waals surface area contributed by atoms with Crippen LogP contribution in [0.15, 0.2) is 65.6 Å². The summed E-state index contributed by atoms with van der Waals surface area (Å²) in [7, 11) is -3.62. The predicted octanol–water partition coefficient (Wildman–Crippen LogP) is 1.59. The number of imide groups is 1. The van der Waals surface area contributed by atoms with Crippen molar-refractivity contribution >= 4 is 27.9 Å². The monoisotopic (exact) mass is 456 g/mol. The fourth-order valence-corrected chi connectivity index (χ4v) is 5.50. The van der Waals surface area contributed by atoms with Crippen LogP contribution in [0.3, 0.4) is 0 Å². The van der Waals surface area contributed by atoms with Gasteiger partial charge in [-0.25, -0.2) is 13.2 Å². The van der Waals surface area contributed by atoms with Gasteiger partial charge >= 0.3 is 6.03 Å². The van der Waals surface area contributed by atoms with Gasteiger partial charge in [0.2, 0.25) is 15.9 Å². The second-order valence-electron chi connectivity index (χ2n) is 8.03. The first-order valence-corrected chi connectivity index (χ1v) is 11.8. The number of piperidine rings is 1. The Labute approximate surface area is 186 Å². The van der Waals surface area contributed by atoms with Crippen LogP contribution < -0.4 is 10.7 Å². The summed E-state index contributed by atoms with van der Waals surface area (Å²) in [5.41, 5.74) is 1.75. The van der Waals surface area contributed by atoms with Gasteiger partial charge in [-0.3, -0.25) is 15.0 Å². The number of benzene rings is 2. The fraction of sp³-hybridized carbons (Fsp3) is 0.318. The lowest BCUT2D eigenvalue weighted by molar-refractivity contribution is -0.141. The Morgan fingerprint density at radius 3 is 2.16 bits per heavy atom. The third kappa shape index (κ3) is 3.87. The number of carbonyl (C=O) groups excluding carboxylic acids is 3. The molecule has 0 bridgehead atoms. The lowest BCUT2D eigenvalue weighted by atomic mass is 9.92. The van der Waals surface area contributed by atoms with E-state index in [2.05, 4.69) is 10.7 Å². The van der Waals surface area contributed by atoms with Crippen LogP contribution in [0.5, 0.6) is 0 Å². The van der Waals surface area contributed by atoms with Crippen molar-refractivity contribution in [1.82, 2.24) is 20.1 Å². The van der Waals surface area contributed by atoms with Gasteiger partial charge in [-0.1, -0.05) is 48.5 Å². The molecule has 1 atom stereocenters. The summed E-state index contributed by atoms with van der Waals surface area (Å²) in [6.45, 7) is 1.94. The van der Waals surface area contributed by atoms with Crippen molar-refractivity contribution in [3.05, 3.63) is 66.2 Å². The summed E-state index contributed by atoms with van der Waals surface area (Å²) in [5.74, 6) is -1.57. The Kier molecular flexibility index (Phi) is 5.74. The van der Waals surface area contributed by atoms with Gasteiger partial charge in [-0.15, -0.1) is 0 Å². The zero-order valence-electron chi connectivity index (χ0n) is 17.5. The molecule has 10 heteroatoms. The van der Waals surface area contributed by atoms with Gasteiger partial charge < -0.3 is 5.32 Å². The second kappa shape index (κ2) is 8.36. The normalized spacial score (nSPS) is 22.6. The molecular formula is C22H24N4O5S. The van der Waals surface area contributed by atoms with Crippen LogP contribution in [-0.2, 0) is 25.2 Å². The fourth-order valence-electron chi connectivity index (χ4n) is 4.01. The van der Waals surface area contributed by atoms with Crippen LogP contribution in [0.25, 0.3) is 0 Å². The number of urea groups is 1. The first-order chi connectivity index (χ1) is 15.2. The summed E-state index contributed by atoms with van der Waals surface area (Å²) in [6.07, 6.45) is 0.578. The van der Waals surface area contributed by atoms with Crippen molar-refractivity contribution in [1.29, 1.82) is 0 Å². The Balaban J connectivity index is 1.39. The molecule has 2 aromatic rings. The van der Waals surface area contributed by atoms with Gasteiger partial charge in [-0.05, 0) is 37.5 Å². The number of rotatable bonds is 5. The minimum absolute atomic E-state index is 0.178. The Hall–Kier alpha value is -3.24. The zero-order chi connectivity index (χ0) is 22.9. The van der Waals surface area contributed by atoms with Crippen molar-refractivity contribution in [2.45, 2.75) is 30.2 Å². The van der Waals surface area contributed by atoms with E-state index in [1.807, 2.05) is 0 Å². The van der Waals surface area contributed by atoms with E-state index in [4.69, 9.17) is 0 Å². The highest BCUT2D eigenvalue weighted by Crippen LogP contribution is 2.28. The average Bonchev–Trinajstić information content (AvgIpc) is 3.04. The van der Waals surface area contributed by atoms with E-state index < -0.39 is 39.3 Å². The van der Waals surface area contributed by atoms with Crippen LogP contribution in [-0.4, -0.2) is 48.7 Å². The molecule has 2 heterocycles. The number of hydrogen-bond acceptors (Lipinski definition) is 5. The molecule has 0 saturated carbocycles. The minimum Gasteiger partial charge on any atom is -0.318 e. The van der Waals surface area contributed by atoms with E-state index >= 15 is 0 Å².